The number of nitrogens with one attached hydrogen (secondary N) is 1. The van der Waals surface area contributed by atoms with Crippen molar-refractivity contribution in [2.75, 3.05) is 39.5 Å². The molecule has 1 saturated heterocycles. The molecule has 1 spiro atoms. The van der Waals surface area contributed by atoms with Crippen molar-refractivity contribution in [3.63, 3.8) is 0 Å². The summed E-state index contributed by atoms with van der Waals surface area (Å²) in [6.45, 7) is 2.66. The average molecular weight is 473 g/mol. The molecule has 1 N–H and O–H groups in total. The Morgan fingerprint density at radius 1 is 0.941 bits per heavy atom. The van der Waals surface area contributed by atoms with Crippen molar-refractivity contribution < 1.29 is 27.8 Å². The van der Waals surface area contributed by atoms with E-state index in [9.17, 15) is 18.4 Å². The molecule has 2 amide bonds. The Bertz CT molecular complexity index is 1000. The minimum absolute atomic E-state index is 0.210. The second-order valence-corrected chi connectivity index (χ2v) is 9.00. The van der Waals surface area contributed by atoms with Gasteiger partial charge in [0.25, 0.3) is 11.8 Å². The largest absolute Gasteiger partial charge is 0.492 e. The van der Waals surface area contributed by atoms with Gasteiger partial charge in [-0.25, -0.2) is 8.78 Å². The lowest BCUT2D eigenvalue weighted by atomic mass is 9.75. The van der Waals surface area contributed by atoms with Crippen molar-refractivity contribution in [2.24, 2.45) is 5.41 Å². The number of halogens is 2. The molecular formula is C26H30F2N2O4. The molecule has 1 fully saturated rings. The fraction of sp³-hybridized carbons (Fsp3) is 0.462. The van der Waals surface area contributed by atoms with Crippen LogP contribution < -0.4 is 10.1 Å². The van der Waals surface area contributed by atoms with E-state index in [4.69, 9.17) is 9.47 Å². The topological polar surface area (TPSA) is 67.9 Å². The van der Waals surface area contributed by atoms with Crippen molar-refractivity contribution in [1.82, 2.24) is 10.2 Å². The first kappa shape index (κ1) is 24.1. The van der Waals surface area contributed by atoms with Gasteiger partial charge in [0.05, 0.1) is 18.8 Å². The van der Waals surface area contributed by atoms with Crippen molar-refractivity contribution in [2.45, 2.75) is 32.1 Å². The molecule has 2 aromatic rings. The first-order valence-corrected chi connectivity index (χ1v) is 11.8. The highest BCUT2D eigenvalue weighted by Crippen LogP contribution is 2.38. The number of fused-ring (bicyclic) bond motifs is 1. The Hall–Kier alpha value is -3.00. The van der Waals surface area contributed by atoms with E-state index in [0.29, 0.717) is 63.6 Å². The van der Waals surface area contributed by atoms with Crippen LogP contribution in [-0.4, -0.2) is 56.2 Å². The fourth-order valence-corrected chi connectivity index (χ4v) is 4.66. The Kier molecular flexibility index (Phi) is 7.77. The lowest BCUT2D eigenvalue weighted by molar-refractivity contribution is 0.0335. The average Bonchev–Trinajstić information content (AvgIpc) is 2.84. The Morgan fingerprint density at radius 3 is 2.44 bits per heavy atom. The summed E-state index contributed by atoms with van der Waals surface area (Å²) in [7, 11) is 0. The van der Waals surface area contributed by atoms with Gasteiger partial charge < -0.3 is 19.7 Å². The van der Waals surface area contributed by atoms with Crippen LogP contribution in [0.2, 0.25) is 0 Å². The quantitative estimate of drug-likeness (QED) is 0.676. The second kappa shape index (κ2) is 11.0. The number of likely N-dealkylation sites (tertiary alicyclic amines) is 1. The fourth-order valence-electron chi connectivity index (χ4n) is 4.66. The smallest absolute Gasteiger partial charge is 0.259 e. The van der Waals surface area contributed by atoms with E-state index in [0.717, 1.165) is 31.4 Å². The highest BCUT2D eigenvalue weighted by molar-refractivity contribution is 5.97. The van der Waals surface area contributed by atoms with E-state index < -0.39 is 23.1 Å². The summed E-state index contributed by atoms with van der Waals surface area (Å²) in [6.07, 6.45) is 3.98. The SMILES string of the molecule is O=C1NCCOCCCCC2(CCN(C(=O)c3c(F)cccc3F)CC2)COc2ccccc21. The van der Waals surface area contributed by atoms with Crippen LogP contribution in [0.15, 0.2) is 42.5 Å². The summed E-state index contributed by atoms with van der Waals surface area (Å²) in [5, 5.41) is 2.86. The number of hydrogen-bond donors (Lipinski definition) is 1. The standard InChI is InChI=1S/C26H30F2N2O4/c27-20-7-5-8-21(28)23(20)25(32)30-14-11-26(12-15-30)10-3-4-16-33-17-13-29-24(31)19-6-1-2-9-22(19)34-18-26/h1-2,5-9H,3-4,10-18H2,(H,29,31). The van der Waals surface area contributed by atoms with E-state index in [1.54, 1.807) is 18.2 Å². The van der Waals surface area contributed by atoms with Gasteiger partial charge in [-0.1, -0.05) is 24.6 Å². The molecule has 2 aliphatic rings. The van der Waals surface area contributed by atoms with Crippen LogP contribution in [0.1, 0.15) is 52.8 Å². The van der Waals surface area contributed by atoms with Crippen molar-refractivity contribution in [3.8, 4) is 5.75 Å². The van der Waals surface area contributed by atoms with E-state index in [1.807, 2.05) is 6.07 Å². The minimum Gasteiger partial charge on any atom is -0.492 e. The van der Waals surface area contributed by atoms with E-state index >= 15 is 0 Å². The molecule has 6 nitrogen and oxygen atoms in total. The molecule has 0 bridgehead atoms. The summed E-state index contributed by atoms with van der Waals surface area (Å²) in [5.74, 6) is -2.01. The third-order valence-electron chi connectivity index (χ3n) is 6.73. The highest BCUT2D eigenvalue weighted by Gasteiger charge is 2.37. The number of carbonyl (C=O) groups is 2. The van der Waals surface area contributed by atoms with Crippen LogP contribution in [0.25, 0.3) is 0 Å². The normalized spacial score (nSPS) is 19.5. The van der Waals surface area contributed by atoms with Crippen LogP contribution in [0, 0.1) is 17.0 Å². The van der Waals surface area contributed by atoms with Crippen molar-refractivity contribution in [1.29, 1.82) is 0 Å². The second-order valence-electron chi connectivity index (χ2n) is 9.00. The van der Waals surface area contributed by atoms with Gasteiger partial charge in [0.1, 0.15) is 22.9 Å². The molecule has 2 aliphatic heterocycles. The van der Waals surface area contributed by atoms with Gasteiger partial charge in [-0.15, -0.1) is 0 Å². The predicted molar refractivity (Wildman–Crippen MR) is 123 cm³/mol. The number of piperidine rings is 1. The zero-order valence-electron chi connectivity index (χ0n) is 19.2. The first-order chi connectivity index (χ1) is 16.5. The minimum atomic E-state index is -0.846. The third kappa shape index (κ3) is 5.55. The van der Waals surface area contributed by atoms with Gasteiger partial charge in [0.2, 0.25) is 0 Å². The number of rotatable bonds is 1. The molecule has 0 unspecified atom stereocenters. The molecule has 2 heterocycles. The number of amides is 2. The molecule has 4 rings (SSSR count). The van der Waals surface area contributed by atoms with Crippen molar-refractivity contribution >= 4 is 11.8 Å². The molecule has 0 saturated carbocycles. The van der Waals surface area contributed by atoms with Gasteiger partial charge in [-0.2, -0.15) is 0 Å². The Morgan fingerprint density at radius 2 is 1.68 bits per heavy atom. The Labute approximate surface area is 198 Å². The van der Waals surface area contributed by atoms with Gasteiger partial charge in [0, 0.05) is 31.7 Å². The zero-order chi connectivity index (χ0) is 24.0. The number of nitrogens with zero attached hydrogens (tertiary/aromatic N) is 1. The predicted octanol–water partition coefficient (Wildman–Crippen LogP) is 4.20. The molecule has 2 aromatic carbocycles. The summed E-state index contributed by atoms with van der Waals surface area (Å²) < 4.78 is 40.1. The van der Waals surface area contributed by atoms with Crippen LogP contribution in [0.3, 0.4) is 0 Å². The molecule has 182 valence electrons. The maximum Gasteiger partial charge on any atom is 0.259 e. The summed E-state index contributed by atoms with van der Waals surface area (Å²) in [5.41, 5.74) is -0.242. The number of para-hydroxylation sites is 1. The highest BCUT2D eigenvalue weighted by atomic mass is 19.1. The zero-order valence-corrected chi connectivity index (χ0v) is 19.2. The van der Waals surface area contributed by atoms with Gasteiger partial charge >= 0.3 is 0 Å². The molecular weight excluding hydrogens is 442 g/mol. The maximum atomic E-state index is 14.1. The number of ether oxygens (including phenoxy) is 2. The summed E-state index contributed by atoms with van der Waals surface area (Å²) in [4.78, 5) is 27.0. The molecule has 8 heteroatoms. The van der Waals surface area contributed by atoms with Gasteiger partial charge in [-0.3, -0.25) is 9.59 Å². The van der Waals surface area contributed by atoms with E-state index in [-0.39, 0.29) is 11.3 Å². The lowest BCUT2D eigenvalue weighted by Gasteiger charge is -2.42. The first-order valence-electron chi connectivity index (χ1n) is 11.8. The maximum absolute atomic E-state index is 14.1. The number of benzene rings is 2. The van der Waals surface area contributed by atoms with Crippen LogP contribution in [0.5, 0.6) is 5.75 Å². The summed E-state index contributed by atoms with van der Waals surface area (Å²) in [6, 6.07) is 10.6. The van der Waals surface area contributed by atoms with Gasteiger partial charge in [-0.05, 0) is 49.9 Å². The van der Waals surface area contributed by atoms with E-state index in [2.05, 4.69) is 5.32 Å². The molecule has 0 aromatic heterocycles. The lowest BCUT2D eigenvalue weighted by Crippen LogP contribution is -2.46. The van der Waals surface area contributed by atoms with Crippen molar-refractivity contribution in [3.05, 3.63) is 65.2 Å². The number of hydrogen-bond acceptors (Lipinski definition) is 4. The molecule has 34 heavy (non-hydrogen) atoms. The molecule has 0 aliphatic carbocycles. The van der Waals surface area contributed by atoms with Crippen LogP contribution in [-0.2, 0) is 4.74 Å². The monoisotopic (exact) mass is 472 g/mol. The molecule has 0 radical (unpaired) electrons. The summed E-state index contributed by atoms with van der Waals surface area (Å²) >= 11 is 0. The van der Waals surface area contributed by atoms with Crippen LogP contribution >= 0.6 is 0 Å². The third-order valence-corrected chi connectivity index (χ3v) is 6.73. The molecule has 0 atom stereocenters. The number of carbonyl (C=O) groups excluding carboxylic acids is 2. The van der Waals surface area contributed by atoms with Crippen LogP contribution in [0.4, 0.5) is 8.78 Å². The van der Waals surface area contributed by atoms with Gasteiger partial charge in [0.15, 0.2) is 0 Å². The van der Waals surface area contributed by atoms with E-state index in [1.165, 1.54) is 11.0 Å². The Balaban J connectivity index is 1.49.